The number of hydrogen-bond donors (Lipinski definition) is 1. The van der Waals surface area contributed by atoms with Crippen molar-refractivity contribution in [3.05, 3.63) is 0 Å². The fourth-order valence-corrected chi connectivity index (χ4v) is 2.56. The van der Waals surface area contributed by atoms with Crippen molar-refractivity contribution < 1.29 is 9.53 Å². The molecule has 2 fully saturated rings. The van der Waals surface area contributed by atoms with Crippen LogP contribution in [0.1, 0.15) is 27.2 Å². The maximum absolute atomic E-state index is 12.0. The van der Waals surface area contributed by atoms with Gasteiger partial charge in [-0.05, 0) is 18.4 Å². The highest BCUT2D eigenvalue weighted by atomic mass is 16.5. The lowest BCUT2D eigenvalue weighted by molar-refractivity contribution is -0.159. The van der Waals surface area contributed by atoms with Crippen molar-refractivity contribution in [3.63, 3.8) is 0 Å². The number of carbonyl (C=O) groups is 1. The number of carbonyl (C=O) groups excluding carboxylic acids is 1. The lowest BCUT2D eigenvalue weighted by atomic mass is 9.89. The summed E-state index contributed by atoms with van der Waals surface area (Å²) in [5.74, 6) is 0.143. The topological polar surface area (TPSA) is 41.6 Å². The SMILES string of the molecule is CC(C)(C)CN1C(=O)COCC12CCNC2. The monoisotopic (exact) mass is 226 g/mol. The summed E-state index contributed by atoms with van der Waals surface area (Å²) in [6, 6.07) is 0. The summed E-state index contributed by atoms with van der Waals surface area (Å²) in [7, 11) is 0. The summed E-state index contributed by atoms with van der Waals surface area (Å²) < 4.78 is 5.43. The smallest absolute Gasteiger partial charge is 0.249 e. The molecular weight excluding hydrogens is 204 g/mol. The number of amides is 1. The molecule has 92 valence electrons. The van der Waals surface area contributed by atoms with Gasteiger partial charge in [-0.15, -0.1) is 0 Å². The maximum Gasteiger partial charge on any atom is 0.249 e. The lowest BCUT2D eigenvalue weighted by Gasteiger charge is -2.46. The Morgan fingerprint density at radius 3 is 2.81 bits per heavy atom. The highest BCUT2D eigenvalue weighted by Crippen LogP contribution is 2.30. The van der Waals surface area contributed by atoms with Gasteiger partial charge in [-0.3, -0.25) is 4.79 Å². The van der Waals surface area contributed by atoms with Crippen molar-refractivity contribution in [2.24, 2.45) is 5.41 Å². The molecule has 2 rings (SSSR count). The Morgan fingerprint density at radius 2 is 2.25 bits per heavy atom. The predicted octanol–water partition coefficient (Wildman–Crippen LogP) is 0.623. The van der Waals surface area contributed by atoms with Gasteiger partial charge < -0.3 is 15.0 Å². The Hall–Kier alpha value is -0.610. The molecule has 1 unspecified atom stereocenters. The summed E-state index contributed by atoms with van der Waals surface area (Å²) in [5.41, 5.74) is 0.0607. The molecule has 2 aliphatic heterocycles. The van der Waals surface area contributed by atoms with Gasteiger partial charge >= 0.3 is 0 Å². The van der Waals surface area contributed by atoms with Crippen molar-refractivity contribution in [1.82, 2.24) is 10.2 Å². The van der Waals surface area contributed by atoms with Crippen LogP contribution >= 0.6 is 0 Å². The Labute approximate surface area is 97.3 Å². The molecular formula is C12H22N2O2. The number of morpholine rings is 1. The Kier molecular flexibility index (Phi) is 2.97. The van der Waals surface area contributed by atoms with Crippen LogP contribution in [0.5, 0.6) is 0 Å². The fraction of sp³-hybridized carbons (Fsp3) is 0.917. The molecule has 1 atom stereocenters. The zero-order chi connectivity index (χ0) is 11.8. The van der Waals surface area contributed by atoms with E-state index in [1.807, 2.05) is 0 Å². The summed E-state index contributed by atoms with van der Waals surface area (Å²) >= 11 is 0. The van der Waals surface area contributed by atoms with Gasteiger partial charge in [-0.1, -0.05) is 20.8 Å². The number of ether oxygens (including phenoxy) is 1. The first-order valence-corrected chi connectivity index (χ1v) is 6.02. The van der Waals surface area contributed by atoms with Gasteiger partial charge in [-0.25, -0.2) is 0 Å². The normalized spacial score (nSPS) is 31.4. The first kappa shape index (κ1) is 11.9. The lowest BCUT2D eigenvalue weighted by Crippen LogP contribution is -2.62. The quantitative estimate of drug-likeness (QED) is 0.713. The first-order chi connectivity index (χ1) is 7.43. The molecule has 0 aliphatic carbocycles. The zero-order valence-corrected chi connectivity index (χ0v) is 10.5. The van der Waals surface area contributed by atoms with E-state index >= 15 is 0 Å². The van der Waals surface area contributed by atoms with Gasteiger partial charge in [0, 0.05) is 13.1 Å². The van der Waals surface area contributed by atoms with Crippen LogP contribution in [0.3, 0.4) is 0 Å². The van der Waals surface area contributed by atoms with Crippen molar-refractivity contribution in [3.8, 4) is 0 Å². The Balaban J connectivity index is 2.18. The molecule has 0 bridgehead atoms. The minimum Gasteiger partial charge on any atom is -0.369 e. The highest BCUT2D eigenvalue weighted by molar-refractivity contribution is 5.79. The molecule has 2 aliphatic rings. The molecule has 0 aromatic heterocycles. The minimum atomic E-state index is -0.0807. The molecule has 0 aromatic rings. The Bertz CT molecular complexity index is 277. The van der Waals surface area contributed by atoms with Crippen molar-refractivity contribution in [2.75, 3.05) is 32.8 Å². The van der Waals surface area contributed by atoms with E-state index < -0.39 is 0 Å². The van der Waals surface area contributed by atoms with Crippen LogP contribution in [0.2, 0.25) is 0 Å². The van der Waals surface area contributed by atoms with E-state index in [0.717, 1.165) is 26.1 Å². The van der Waals surface area contributed by atoms with Crippen LogP contribution in [0.15, 0.2) is 0 Å². The second-order valence-electron chi connectivity index (χ2n) is 6.18. The molecule has 1 N–H and O–H groups in total. The third-order valence-corrected chi connectivity index (χ3v) is 3.32. The molecule has 0 saturated carbocycles. The van der Waals surface area contributed by atoms with E-state index in [2.05, 4.69) is 31.0 Å². The molecule has 0 aromatic carbocycles. The minimum absolute atomic E-state index is 0.0807. The van der Waals surface area contributed by atoms with E-state index in [-0.39, 0.29) is 23.5 Å². The molecule has 2 heterocycles. The van der Waals surface area contributed by atoms with Crippen LogP contribution < -0.4 is 5.32 Å². The largest absolute Gasteiger partial charge is 0.369 e. The van der Waals surface area contributed by atoms with E-state index in [1.165, 1.54) is 0 Å². The van der Waals surface area contributed by atoms with Crippen molar-refractivity contribution in [2.45, 2.75) is 32.7 Å². The van der Waals surface area contributed by atoms with Crippen LogP contribution in [0, 0.1) is 5.41 Å². The zero-order valence-electron chi connectivity index (χ0n) is 10.5. The van der Waals surface area contributed by atoms with E-state index in [0.29, 0.717) is 6.61 Å². The number of hydrogen-bond acceptors (Lipinski definition) is 3. The van der Waals surface area contributed by atoms with Gasteiger partial charge in [0.2, 0.25) is 5.91 Å². The third kappa shape index (κ3) is 2.23. The highest BCUT2D eigenvalue weighted by Gasteiger charge is 2.46. The second kappa shape index (κ2) is 4.00. The first-order valence-electron chi connectivity index (χ1n) is 6.02. The number of nitrogens with one attached hydrogen (secondary N) is 1. The molecule has 2 saturated heterocycles. The number of nitrogens with zero attached hydrogens (tertiary/aromatic N) is 1. The summed E-state index contributed by atoms with van der Waals surface area (Å²) in [6.07, 6.45) is 1.01. The van der Waals surface area contributed by atoms with E-state index in [1.54, 1.807) is 0 Å². The average molecular weight is 226 g/mol. The van der Waals surface area contributed by atoms with E-state index in [4.69, 9.17) is 4.74 Å². The predicted molar refractivity (Wildman–Crippen MR) is 62.2 cm³/mol. The van der Waals surface area contributed by atoms with Crippen LogP contribution in [-0.4, -0.2) is 49.2 Å². The molecule has 4 heteroatoms. The molecule has 16 heavy (non-hydrogen) atoms. The average Bonchev–Trinajstić information content (AvgIpc) is 2.60. The van der Waals surface area contributed by atoms with Gasteiger partial charge in [-0.2, -0.15) is 0 Å². The molecule has 1 spiro atoms. The van der Waals surface area contributed by atoms with Crippen LogP contribution in [-0.2, 0) is 9.53 Å². The third-order valence-electron chi connectivity index (χ3n) is 3.32. The fourth-order valence-electron chi connectivity index (χ4n) is 2.56. The van der Waals surface area contributed by atoms with Crippen molar-refractivity contribution >= 4 is 5.91 Å². The van der Waals surface area contributed by atoms with Crippen LogP contribution in [0.4, 0.5) is 0 Å². The maximum atomic E-state index is 12.0. The molecule has 0 radical (unpaired) electrons. The van der Waals surface area contributed by atoms with Gasteiger partial charge in [0.15, 0.2) is 0 Å². The second-order valence-corrected chi connectivity index (χ2v) is 6.18. The summed E-state index contributed by atoms with van der Waals surface area (Å²) in [6.45, 7) is 10.1. The standard InChI is InChI=1S/C12H22N2O2/c1-11(2,3)8-14-10(15)6-16-9-12(14)4-5-13-7-12/h13H,4-9H2,1-3H3. The molecule has 1 amide bonds. The van der Waals surface area contributed by atoms with Gasteiger partial charge in [0.25, 0.3) is 0 Å². The summed E-state index contributed by atoms with van der Waals surface area (Å²) in [4.78, 5) is 14.1. The van der Waals surface area contributed by atoms with E-state index in [9.17, 15) is 4.79 Å². The van der Waals surface area contributed by atoms with Crippen molar-refractivity contribution in [1.29, 1.82) is 0 Å². The number of rotatable bonds is 1. The van der Waals surface area contributed by atoms with Gasteiger partial charge in [0.1, 0.15) is 6.61 Å². The van der Waals surface area contributed by atoms with Crippen LogP contribution in [0.25, 0.3) is 0 Å². The van der Waals surface area contributed by atoms with Gasteiger partial charge in [0.05, 0.1) is 12.1 Å². The Morgan fingerprint density at radius 1 is 1.50 bits per heavy atom. The molecule has 4 nitrogen and oxygen atoms in total. The summed E-state index contributed by atoms with van der Waals surface area (Å²) in [5, 5.41) is 3.35.